The third kappa shape index (κ3) is 5.00. The van der Waals surface area contributed by atoms with Gasteiger partial charge >= 0.3 is 5.69 Å². The van der Waals surface area contributed by atoms with Crippen LogP contribution in [-0.2, 0) is 19.8 Å². The van der Waals surface area contributed by atoms with Gasteiger partial charge in [0.05, 0.1) is 26.4 Å². The van der Waals surface area contributed by atoms with Crippen LogP contribution in [0.4, 0.5) is 0 Å². The van der Waals surface area contributed by atoms with Gasteiger partial charge in [-0.25, -0.2) is 4.79 Å². The Labute approximate surface area is 244 Å². The fraction of sp³-hybridized carbons (Fsp3) is 0.353. The van der Waals surface area contributed by atoms with Crippen LogP contribution in [0.2, 0.25) is 0 Å². The highest BCUT2D eigenvalue weighted by molar-refractivity contribution is 5.48. The molecule has 2 aliphatic rings. The molecule has 2 aliphatic heterocycles. The van der Waals surface area contributed by atoms with Gasteiger partial charge in [0, 0.05) is 18.2 Å². The first-order valence-corrected chi connectivity index (χ1v) is 14.4. The third-order valence-corrected chi connectivity index (χ3v) is 8.67. The second-order valence-corrected chi connectivity index (χ2v) is 11.3. The van der Waals surface area contributed by atoms with E-state index in [1.165, 1.54) is 16.8 Å². The minimum absolute atomic E-state index is 0.0777. The molecule has 2 saturated heterocycles. The van der Waals surface area contributed by atoms with E-state index in [1.54, 1.807) is 7.11 Å². The SMILES string of the molecule is COc1ccc(C(OC[C@H]2O[C@@H](n3ccc(=O)[nH]c3=O)[C@H]3C(C(C)C)CO[C@H]32)(c2ccccc2)c2ccccc2)cc1. The van der Waals surface area contributed by atoms with E-state index in [0.717, 1.165) is 22.4 Å². The molecule has 1 aromatic heterocycles. The van der Waals surface area contributed by atoms with Gasteiger partial charge in [-0.3, -0.25) is 14.3 Å². The number of rotatable bonds is 9. The predicted molar refractivity (Wildman–Crippen MR) is 159 cm³/mol. The third-order valence-electron chi connectivity index (χ3n) is 8.67. The molecule has 0 radical (unpaired) electrons. The van der Waals surface area contributed by atoms with Crippen molar-refractivity contribution in [2.45, 2.75) is 37.9 Å². The van der Waals surface area contributed by atoms with Crippen LogP contribution in [0.3, 0.4) is 0 Å². The first-order chi connectivity index (χ1) is 20.4. The molecular formula is C34H36N2O6. The van der Waals surface area contributed by atoms with Crippen molar-refractivity contribution < 1.29 is 18.9 Å². The van der Waals surface area contributed by atoms with Gasteiger partial charge in [0.25, 0.3) is 5.56 Å². The highest BCUT2D eigenvalue weighted by atomic mass is 16.6. The minimum Gasteiger partial charge on any atom is -0.497 e. The van der Waals surface area contributed by atoms with Gasteiger partial charge in [-0.2, -0.15) is 0 Å². The Kier molecular flexibility index (Phi) is 7.86. The zero-order chi connectivity index (χ0) is 29.3. The van der Waals surface area contributed by atoms with E-state index < -0.39 is 29.2 Å². The number of hydrogen-bond acceptors (Lipinski definition) is 6. The second kappa shape index (κ2) is 11.7. The molecule has 4 aromatic rings. The minimum atomic E-state index is -0.962. The molecular weight excluding hydrogens is 532 g/mol. The highest BCUT2D eigenvalue weighted by Gasteiger charge is 2.55. The number of fused-ring (bicyclic) bond motifs is 1. The van der Waals surface area contributed by atoms with Gasteiger partial charge in [-0.1, -0.05) is 86.6 Å². The number of nitrogens with zero attached hydrogens (tertiary/aromatic N) is 1. The summed E-state index contributed by atoms with van der Waals surface area (Å²) in [6.07, 6.45) is 0.192. The lowest BCUT2D eigenvalue weighted by molar-refractivity contribution is -0.110. The zero-order valence-corrected chi connectivity index (χ0v) is 24.0. The zero-order valence-electron chi connectivity index (χ0n) is 24.0. The first kappa shape index (κ1) is 28.2. The van der Waals surface area contributed by atoms with Crippen molar-refractivity contribution in [3.05, 3.63) is 135 Å². The molecule has 0 aliphatic carbocycles. The first-order valence-electron chi connectivity index (χ1n) is 14.4. The number of aromatic nitrogens is 2. The van der Waals surface area contributed by atoms with Gasteiger partial charge < -0.3 is 18.9 Å². The standard InChI is InChI=1S/C34H36N2O6/c1-22(2)27-20-40-31-28(42-32(30(27)31)36-19-18-29(37)35-33(36)38)21-41-34(23-10-6-4-7-11-23,24-12-8-5-9-13-24)25-14-16-26(39-3)17-15-25/h4-19,22,27-28,30-32H,20-21H2,1-3H3,(H,35,37,38)/t27?,28-,30+,31+,32-/m1/s1. The van der Waals surface area contributed by atoms with Crippen molar-refractivity contribution in [1.82, 2.24) is 9.55 Å². The van der Waals surface area contributed by atoms with Crippen molar-refractivity contribution in [3.63, 3.8) is 0 Å². The number of nitrogens with one attached hydrogen (secondary N) is 1. The fourth-order valence-corrected chi connectivity index (χ4v) is 6.54. The Morgan fingerprint density at radius 1 is 0.905 bits per heavy atom. The second-order valence-electron chi connectivity index (χ2n) is 11.3. The van der Waals surface area contributed by atoms with Gasteiger partial charge in [0.1, 0.15) is 23.7 Å². The van der Waals surface area contributed by atoms with Crippen molar-refractivity contribution >= 4 is 0 Å². The van der Waals surface area contributed by atoms with E-state index in [2.05, 4.69) is 43.1 Å². The van der Waals surface area contributed by atoms with Crippen LogP contribution in [0.1, 0.15) is 36.8 Å². The van der Waals surface area contributed by atoms with Crippen LogP contribution >= 0.6 is 0 Å². The average molecular weight is 569 g/mol. The van der Waals surface area contributed by atoms with Crippen molar-refractivity contribution in [1.29, 1.82) is 0 Å². The Morgan fingerprint density at radius 2 is 1.52 bits per heavy atom. The molecule has 8 heteroatoms. The Morgan fingerprint density at radius 3 is 2.10 bits per heavy atom. The summed E-state index contributed by atoms with van der Waals surface area (Å²) < 4.78 is 27.0. The fourth-order valence-electron chi connectivity index (χ4n) is 6.54. The molecule has 0 amide bonds. The van der Waals surface area contributed by atoms with Crippen molar-refractivity contribution in [2.24, 2.45) is 17.8 Å². The molecule has 8 nitrogen and oxygen atoms in total. The summed E-state index contributed by atoms with van der Waals surface area (Å²) in [5.41, 5.74) is 0.980. The molecule has 2 fully saturated rings. The molecule has 0 spiro atoms. The number of aromatic amines is 1. The summed E-state index contributed by atoms with van der Waals surface area (Å²) in [6.45, 7) is 5.09. The van der Waals surface area contributed by atoms with Crippen molar-refractivity contribution in [3.8, 4) is 5.75 Å². The predicted octanol–water partition coefficient (Wildman–Crippen LogP) is 4.74. The van der Waals surface area contributed by atoms with Crippen LogP contribution in [-0.4, -0.2) is 42.1 Å². The number of benzene rings is 3. The summed E-state index contributed by atoms with van der Waals surface area (Å²) in [7, 11) is 1.65. The quantitative estimate of drug-likeness (QED) is 0.294. The van der Waals surface area contributed by atoms with Gasteiger partial charge in [0.15, 0.2) is 0 Å². The average Bonchev–Trinajstić information content (AvgIpc) is 3.60. The van der Waals surface area contributed by atoms with Crippen LogP contribution in [0.25, 0.3) is 0 Å². The van der Waals surface area contributed by atoms with Crippen LogP contribution < -0.4 is 16.0 Å². The topological polar surface area (TPSA) is 91.8 Å². The number of ether oxygens (including phenoxy) is 4. The lowest BCUT2D eigenvalue weighted by Crippen LogP contribution is -2.38. The molecule has 3 aromatic carbocycles. The summed E-state index contributed by atoms with van der Waals surface area (Å²) >= 11 is 0. The van der Waals surface area contributed by atoms with Crippen molar-refractivity contribution in [2.75, 3.05) is 20.3 Å². The molecule has 42 heavy (non-hydrogen) atoms. The molecule has 5 atom stereocenters. The van der Waals surface area contributed by atoms with E-state index in [0.29, 0.717) is 12.5 Å². The number of hydrogen-bond donors (Lipinski definition) is 1. The van der Waals surface area contributed by atoms with E-state index in [-0.39, 0.29) is 24.5 Å². The maximum atomic E-state index is 12.9. The molecule has 3 heterocycles. The van der Waals surface area contributed by atoms with Crippen LogP contribution in [0, 0.1) is 17.8 Å². The Hall–Kier alpha value is -3.98. The normalized spacial score (nSPS) is 23.7. The maximum absolute atomic E-state index is 12.9. The Bertz CT molecular complexity index is 1560. The van der Waals surface area contributed by atoms with Crippen LogP contribution in [0.5, 0.6) is 5.75 Å². The highest BCUT2D eigenvalue weighted by Crippen LogP contribution is 2.49. The van der Waals surface area contributed by atoms with E-state index >= 15 is 0 Å². The summed E-state index contributed by atoms with van der Waals surface area (Å²) in [5, 5.41) is 0. The summed E-state index contributed by atoms with van der Waals surface area (Å²) in [5.74, 6) is 1.17. The largest absolute Gasteiger partial charge is 0.497 e. The van der Waals surface area contributed by atoms with Crippen LogP contribution in [0.15, 0.2) is 107 Å². The molecule has 218 valence electrons. The molecule has 0 saturated carbocycles. The van der Waals surface area contributed by atoms with E-state index in [9.17, 15) is 9.59 Å². The smallest absolute Gasteiger partial charge is 0.330 e. The molecule has 1 N–H and O–H groups in total. The lowest BCUT2D eigenvalue weighted by atomic mass is 9.79. The van der Waals surface area contributed by atoms with E-state index in [4.69, 9.17) is 18.9 Å². The van der Waals surface area contributed by atoms with Gasteiger partial charge in [-0.05, 0) is 40.7 Å². The Balaban J connectivity index is 1.41. The van der Waals surface area contributed by atoms with Gasteiger partial charge in [0.2, 0.25) is 0 Å². The molecule has 0 bridgehead atoms. The maximum Gasteiger partial charge on any atom is 0.330 e. The number of H-pyrrole nitrogens is 1. The molecule has 6 rings (SSSR count). The van der Waals surface area contributed by atoms with Gasteiger partial charge in [-0.15, -0.1) is 0 Å². The summed E-state index contributed by atoms with van der Waals surface area (Å²) in [4.78, 5) is 27.1. The lowest BCUT2D eigenvalue weighted by Gasteiger charge is -2.37. The monoisotopic (exact) mass is 568 g/mol. The number of methoxy groups -OCH3 is 1. The molecule has 1 unspecified atom stereocenters. The summed E-state index contributed by atoms with van der Waals surface area (Å²) in [6, 6.07) is 29.6. The van der Waals surface area contributed by atoms with E-state index in [1.807, 2.05) is 60.7 Å².